The first kappa shape index (κ1) is 39.7. The molecule has 3 bridgehead atoms. The van der Waals surface area contributed by atoms with Gasteiger partial charge in [0.15, 0.2) is 0 Å². The Bertz CT molecular complexity index is 3560. The van der Waals surface area contributed by atoms with Gasteiger partial charge < -0.3 is 4.90 Å². The van der Waals surface area contributed by atoms with Crippen molar-refractivity contribution in [3.8, 4) is 55.6 Å². The second kappa shape index (κ2) is 15.8. The molecule has 0 aliphatic heterocycles. The Morgan fingerprint density at radius 2 is 0.971 bits per heavy atom. The average molecular weight is 872 g/mol. The minimum atomic E-state index is 0.0480. The molecule has 0 N–H and O–H groups in total. The molecule has 4 aliphatic carbocycles. The minimum absolute atomic E-state index is 0.0480. The van der Waals surface area contributed by atoms with Gasteiger partial charge in [0.2, 0.25) is 0 Å². The lowest BCUT2D eigenvalue weighted by atomic mass is 9.47. The third-order valence-corrected chi connectivity index (χ3v) is 17.0. The van der Waals surface area contributed by atoms with Gasteiger partial charge in [-0.3, -0.25) is 0 Å². The van der Waals surface area contributed by atoms with Crippen LogP contribution in [0.5, 0.6) is 0 Å². The lowest BCUT2D eigenvalue weighted by Crippen LogP contribution is -2.50. The number of benzene rings is 10. The zero-order valence-electron chi connectivity index (χ0n) is 38.4. The molecule has 14 rings (SSSR count). The highest BCUT2D eigenvalue weighted by Gasteiger charge is 2.57. The lowest BCUT2D eigenvalue weighted by Gasteiger charge is -2.57. The molecule has 0 heterocycles. The maximum absolute atomic E-state index is 2.65. The molecule has 0 saturated heterocycles. The Labute approximate surface area is 400 Å². The number of hydrogen-bond acceptors (Lipinski definition) is 1. The minimum Gasteiger partial charge on any atom is -0.310 e. The summed E-state index contributed by atoms with van der Waals surface area (Å²) in [6.45, 7) is 0. The van der Waals surface area contributed by atoms with Crippen molar-refractivity contribution >= 4 is 38.6 Å². The second-order valence-electron chi connectivity index (χ2n) is 20.4. The van der Waals surface area contributed by atoms with Gasteiger partial charge in [-0.2, -0.15) is 0 Å². The van der Waals surface area contributed by atoms with Gasteiger partial charge in [-0.25, -0.2) is 0 Å². The van der Waals surface area contributed by atoms with Crippen molar-refractivity contribution in [2.75, 3.05) is 4.90 Å². The molecule has 0 radical (unpaired) electrons. The summed E-state index contributed by atoms with van der Waals surface area (Å²) in [5, 5.41) is 5.14. The van der Waals surface area contributed by atoms with Crippen LogP contribution in [0.4, 0.5) is 17.1 Å². The third kappa shape index (κ3) is 6.21. The summed E-state index contributed by atoms with van der Waals surface area (Å²) in [5.74, 6) is 3.26. The molecule has 0 amide bonds. The Balaban J connectivity index is 0.947. The summed E-state index contributed by atoms with van der Waals surface area (Å²) >= 11 is 0. The Kier molecular flexibility index (Phi) is 9.23. The monoisotopic (exact) mass is 871 g/mol. The smallest absolute Gasteiger partial charge is 0.0540 e. The van der Waals surface area contributed by atoms with Crippen molar-refractivity contribution in [3.05, 3.63) is 236 Å². The maximum atomic E-state index is 2.65. The topological polar surface area (TPSA) is 3.24 Å². The number of fused-ring (bicyclic) bond motifs is 11. The van der Waals surface area contributed by atoms with E-state index in [2.05, 4.69) is 229 Å². The van der Waals surface area contributed by atoms with Crippen molar-refractivity contribution < 1.29 is 0 Å². The molecule has 68 heavy (non-hydrogen) atoms. The van der Waals surface area contributed by atoms with Gasteiger partial charge in [0, 0.05) is 22.4 Å². The molecular weight excluding hydrogens is 819 g/mol. The van der Waals surface area contributed by atoms with Gasteiger partial charge in [-0.15, -0.1) is 0 Å². The van der Waals surface area contributed by atoms with Crippen molar-refractivity contribution in [3.63, 3.8) is 0 Å². The van der Waals surface area contributed by atoms with Crippen LogP contribution in [0.25, 0.3) is 77.2 Å². The van der Waals surface area contributed by atoms with Crippen LogP contribution in [0.2, 0.25) is 0 Å². The number of rotatable bonds is 7. The molecule has 3 fully saturated rings. The van der Waals surface area contributed by atoms with E-state index < -0.39 is 0 Å². The van der Waals surface area contributed by atoms with E-state index in [9.17, 15) is 0 Å². The molecule has 326 valence electrons. The molecule has 5 atom stereocenters. The third-order valence-electron chi connectivity index (χ3n) is 17.0. The van der Waals surface area contributed by atoms with Gasteiger partial charge in [0.1, 0.15) is 0 Å². The fourth-order valence-electron chi connectivity index (χ4n) is 14.1. The molecule has 1 nitrogen and oxygen atoms in total. The van der Waals surface area contributed by atoms with Crippen LogP contribution < -0.4 is 4.90 Å². The zero-order chi connectivity index (χ0) is 44.8. The first-order valence-corrected chi connectivity index (χ1v) is 25.1. The summed E-state index contributed by atoms with van der Waals surface area (Å²) in [5.41, 5.74) is 19.4. The molecule has 3 saturated carbocycles. The highest BCUT2D eigenvalue weighted by molar-refractivity contribution is 6.08. The summed E-state index contributed by atoms with van der Waals surface area (Å²) in [6, 6.07) is 84.5. The van der Waals surface area contributed by atoms with Gasteiger partial charge in [0.05, 0.1) is 5.69 Å². The number of hydrogen-bond donors (Lipinski definition) is 0. The van der Waals surface area contributed by atoms with Crippen LogP contribution in [0.3, 0.4) is 0 Å². The fraction of sp³-hybridized carbons (Fsp3) is 0.164. The Morgan fingerprint density at radius 1 is 0.353 bits per heavy atom. The molecule has 4 aliphatic rings. The van der Waals surface area contributed by atoms with Crippen LogP contribution in [0, 0.1) is 23.7 Å². The van der Waals surface area contributed by atoms with E-state index in [-0.39, 0.29) is 5.41 Å². The van der Waals surface area contributed by atoms with Gasteiger partial charge in [-0.05, 0) is 175 Å². The highest BCUT2D eigenvalue weighted by Crippen LogP contribution is 2.66. The van der Waals surface area contributed by atoms with Crippen LogP contribution in [-0.4, -0.2) is 0 Å². The SMILES string of the molecule is c1ccc(-c2ccccc2-c2ccccc2-c2ccccc2N(c2ccc(-c3ccc4c(ccc5ccccc54)c3)cc2)c2ccc3c(c2)C2(CC4CCC5CC4CC2C5)c2ccccc2-3)cc1. The van der Waals surface area contributed by atoms with Crippen molar-refractivity contribution in [1.82, 2.24) is 0 Å². The van der Waals surface area contributed by atoms with Crippen LogP contribution in [-0.2, 0) is 5.41 Å². The largest absolute Gasteiger partial charge is 0.310 e. The van der Waals surface area contributed by atoms with Gasteiger partial charge in [0.25, 0.3) is 0 Å². The molecule has 1 heteroatoms. The fourth-order valence-corrected chi connectivity index (χ4v) is 14.1. The van der Waals surface area contributed by atoms with E-state index >= 15 is 0 Å². The standard InChI is InChI=1S/C67H53N/c1-2-14-46(15-3-1)56-18-6-7-19-58(56)59-20-8-9-21-60(59)63-23-11-13-25-66(63)68(53-33-30-45(31-34-53)48-32-36-57-49(40-48)29-28-47-16-4-5-17-55(47)57)54-35-37-62-61-22-10-12-24-64(61)67(65(62)42-54)43-50-27-26-44-38-51(50)41-52(67)39-44/h1-25,28-37,40,42,44,50-52H,26-27,38-39,41,43H2. The quantitative estimate of drug-likeness (QED) is 0.144. The number of para-hydroxylation sites is 1. The second-order valence-corrected chi connectivity index (χ2v) is 20.4. The summed E-state index contributed by atoms with van der Waals surface area (Å²) in [7, 11) is 0. The van der Waals surface area contributed by atoms with Crippen molar-refractivity contribution in [2.45, 2.75) is 43.9 Å². The Morgan fingerprint density at radius 3 is 1.81 bits per heavy atom. The molecule has 10 aromatic rings. The van der Waals surface area contributed by atoms with E-state index in [1.54, 1.807) is 11.1 Å². The van der Waals surface area contributed by atoms with Crippen LogP contribution >= 0.6 is 0 Å². The highest BCUT2D eigenvalue weighted by atomic mass is 15.1. The molecule has 10 aromatic carbocycles. The van der Waals surface area contributed by atoms with Crippen molar-refractivity contribution in [2.24, 2.45) is 23.7 Å². The van der Waals surface area contributed by atoms with E-state index in [4.69, 9.17) is 0 Å². The van der Waals surface area contributed by atoms with Crippen LogP contribution in [0.1, 0.15) is 49.7 Å². The van der Waals surface area contributed by atoms with E-state index in [0.29, 0.717) is 5.92 Å². The van der Waals surface area contributed by atoms with E-state index in [1.807, 2.05) is 0 Å². The van der Waals surface area contributed by atoms with E-state index in [1.165, 1.54) is 127 Å². The zero-order valence-corrected chi connectivity index (χ0v) is 38.4. The number of nitrogens with zero attached hydrogens (tertiary/aromatic N) is 1. The predicted molar refractivity (Wildman–Crippen MR) is 286 cm³/mol. The number of anilines is 3. The Hall–Kier alpha value is -7.48. The molecule has 0 aromatic heterocycles. The van der Waals surface area contributed by atoms with E-state index in [0.717, 1.165) is 23.4 Å². The lowest BCUT2D eigenvalue weighted by molar-refractivity contribution is -0.0103. The van der Waals surface area contributed by atoms with Crippen LogP contribution in [0.15, 0.2) is 224 Å². The summed E-state index contributed by atoms with van der Waals surface area (Å²) < 4.78 is 0. The maximum Gasteiger partial charge on any atom is 0.0540 e. The van der Waals surface area contributed by atoms with Crippen molar-refractivity contribution in [1.29, 1.82) is 0 Å². The predicted octanol–water partition coefficient (Wildman–Crippen LogP) is 18.2. The first-order valence-electron chi connectivity index (χ1n) is 25.1. The normalized spacial score (nSPS) is 20.9. The molecular formula is C67H53N. The average Bonchev–Trinajstić information content (AvgIpc) is 3.68. The molecule has 5 unspecified atom stereocenters. The van der Waals surface area contributed by atoms with Gasteiger partial charge >= 0.3 is 0 Å². The molecule has 1 spiro atoms. The summed E-state index contributed by atoms with van der Waals surface area (Å²) in [6.07, 6.45) is 8.30. The summed E-state index contributed by atoms with van der Waals surface area (Å²) in [4.78, 5) is 2.57. The first-order chi connectivity index (χ1) is 33.7. The van der Waals surface area contributed by atoms with Gasteiger partial charge in [-0.1, -0.05) is 194 Å².